The standard InChI is InChI=1S/C15H21FN2O2S/c1-4-15(2,3)11-18-21(19,20)14-8-7-13(16)10-12(14)6-5-9-17/h7-8,10,18H,4,9,11,17H2,1-3H3. The summed E-state index contributed by atoms with van der Waals surface area (Å²) in [7, 11) is -3.74. The van der Waals surface area contributed by atoms with Crippen molar-refractivity contribution in [2.45, 2.75) is 32.1 Å². The molecule has 0 saturated carbocycles. The van der Waals surface area contributed by atoms with Gasteiger partial charge in [-0.2, -0.15) is 0 Å². The van der Waals surface area contributed by atoms with Crippen molar-refractivity contribution in [3.8, 4) is 11.8 Å². The minimum atomic E-state index is -3.74. The third-order valence-corrected chi connectivity index (χ3v) is 4.71. The number of sulfonamides is 1. The van der Waals surface area contributed by atoms with Crippen LogP contribution in [0.15, 0.2) is 23.1 Å². The normalized spacial score (nSPS) is 11.9. The van der Waals surface area contributed by atoms with Gasteiger partial charge in [0.15, 0.2) is 0 Å². The SMILES string of the molecule is CCC(C)(C)CNS(=O)(=O)c1ccc(F)cc1C#CCN. The van der Waals surface area contributed by atoms with E-state index in [0.29, 0.717) is 6.54 Å². The number of nitrogens with one attached hydrogen (secondary N) is 1. The largest absolute Gasteiger partial charge is 0.320 e. The molecule has 1 rings (SSSR count). The summed E-state index contributed by atoms with van der Waals surface area (Å²) in [5.74, 6) is 4.61. The van der Waals surface area contributed by atoms with Crippen molar-refractivity contribution in [2.75, 3.05) is 13.1 Å². The summed E-state index contributed by atoms with van der Waals surface area (Å²) >= 11 is 0. The lowest BCUT2D eigenvalue weighted by atomic mass is 9.91. The van der Waals surface area contributed by atoms with Crippen molar-refractivity contribution in [3.63, 3.8) is 0 Å². The molecule has 0 aliphatic carbocycles. The van der Waals surface area contributed by atoms with Crippen molar-refractivity contribution < 1.29 is 12.8 Å². The van der Waals surface area contributed by atoms with Crippen molar-refractivity contribution in [3.05, 3.63) is 29.6 Å². The van der Waals surface area contributed by atoms with Crippen molar-refractivity contribution in [1.82, 2.24) is 4.72 Å². The Balaban J connectivity index is 3.14. The van der Waals surface area contributed by atoms with Crippen molar-refractivity contribution >= 4 is 10.0 Å². The van der Waals surface area contributed by atoms with Gasteiger partial charge in [0.1, 0.15) is 5.82 Å². The molecule has 1 aromatic carbocycles. The third-order valence-electron chi connectivity index (χ3n) is 3.25. The maximum Gasteiger partial charge on any atom is 0.241 e. The van der Waals surface area contributed by atoms with Crippen LogP contribution in [0.5, 0.6) is 0 Å². The molecule has 0 atom stereocenters. The van der Waals surface area contributed by atoms with Gasteiger partial charge in [0.2, 0.25) is 10.0 Å². The molecule has 0 fully saturated rings. The molecule has 1 aromatic rings. The molecule has 0 bridgehead atoms. The fourth-order valence-electron chi connectivity index (χ4n) is 1.47. The Bertz CT molecular complexity index is 658. The molecule has 0 radical (unpaired) electrons. The van der Waals surface area contributed by atoms with Crippen LogP contribution in [-0.4, -0.2) is 21.5 Å². The van der Waals surface area contributed by atoms with Crippen LogP contribution < -0.4 is 10.5 Å². The highest BCUT2D eigenvalue weighted by molar-refractivity contribution is 7.89. The van der Waals surface area contributed by atoms with Gasteiger partial charge in [0.05, 0.1) is 11.4 Å². The third kappa shape index (κ3) is 5.12. The highest BCUT2D eigenvalue weighted by Crippen LogP contribution is 2.21. The maximum atomic E-state index is 13.3. The number of nitrogens with two attached hydrogens (primary N) is 1. The van der Waals surface area contributed by atoms with Crippen molar-refractivity contribution in [1.29, 1.82) is 0 Å². The van der Waals surface area contributed by atoms with E-state index in [4.69, 9.17) is 5.73 Å². The lowest BCUT2D eigenvalue weighted by Crippen LogP contribution is -2.34. The summed E-state index contributed by atoms with van der Waals surface area (Å²) in [6.45, 7) is 6.30. The van der Waals surface area contributed by atoms with Crippen LogP contribution >= 0.6 is 0 Å². The molecule has 0 aliphatic rings. The molecule has 0 unspecified atom stereocenters. The first-order valence-corrected chi connectivity index (χ1v) is 8.18. The molecule has 0 aliphatic heterocycles. The number of hydrogen-bond donors (Lipinski definition) is 2. The first-order chi connectivity index (χ1) is 9.72. The Morgan fingerprint density at radius 1 is 1.38 bits per heavy atom. The molecular formula is C15H21FN2O2S. The maximum absolute atomic E-state index is 13.3. The van der Waals surface area contributed by atoms with E-state index < -0.39 is 15.8 Å². The number of benzene rings is 1. The fourth-order valence-corrected chi connectivity index (χ4v) is 2.86. The van der Waals surface area contributed by atoms with Crippen LogP contribution in [0.2, 0.25) is 0 Å². The second-order valence-corrected chi connectivity index (χ2v) is 7.22. The predicted molar refractivity (Wildman–Crippen MR) is 81.6 cm³/mol. The van der Waals surface area contributed by atoms with Crippen LogP contribution in [-0.2, 0) is 10.0 Å². The summed E-state index contributed by atoms with van der Waals surface area (Å²) in [5, 5.41) is 0. The second kappa shape index (κ2) is 7.03. The summed E-state index contributed by atoms with van der Waals surface area (Å²) < 4.78 is 40.5. The van der Waals surface area contributed by atoms with E-state index in [1.807, 2.05) is 20.8 Å². The summed E-state index contributed by atoms with van der Waals surface area (Å²) in [5.41, 5.74) is 5.23. The summed E-state index contributed by atoms with van der Waals surface area (Å²) in [6, 6.07) is 3.42. The first kappa shape index (κ1) is 17.6. The van der Waals surface area contributed by atoms with E-state index in [2.05, 4.69) is 16.6 Å². The van der Waals surface area contributed by atoms with Crippen LogP contribution in [0.4, 0.5) is 4.39 Å². The number of hydrogen-bond acceptors (Lipinski definition) is 3. The van der Waals surface area contributed by atoms with Crippen LogP contribution in [0.1, 0.15) is 32.8 Å². The van der Waals surface area contributed by atoms with E-state index in [1.54, 1.807) is 0 Å². The predicted octanol–water partition coefficient (Wildman–Crippen LogP) is 1.85. The molecule has 3 N–H and O–H groups in total. The Hall–Kier alpha value is -1.42. The lowest BCUT2D eigenvalue weighted by Gasteiger charge is -2.23. The van der Waals surface area contributed by atoms with E-state index in [1.165, 1.54) is 6.07 Å². The van der Waals surface area contributed by atoms with Gasteiger partial charge in [-0.1, -0.05) is 32.6 Å². The van der Waals surface area contributed by atoms with Gasteiger partial charge < -0.3 is 5.73 Å². The zero-order valence-corrected chi connectivity index (χ0v) is 13.3. The first-order valence-electron chi connectivity index (χ1n) is 6.70. The van der Waals surface area contributed by atoms with Gasteiger partial charge in [-0.25, -0.2) is 17.5 Å². The minimum absolute atomic E-state index is 0.0308. The summed E-state index contributed by atoms with van der Waals surface area (Å²) in [6.07, 6.45) is 0.832. The van der Waals surface area contributed by atoms with Gasteiger partial charge in [-0.3, -0.25) is 0 Å². The molecule has 116 valence electrons. The number of rotatable bonds is 5. The Kier molecular flexibility index (Phi) is 5.90. The smallest absolute Gasteiger partial charge is 0.241 e. The highest BCUT2D eigenvalue weighted by Gasteiger charge is 2.22. The molecule has 0 saturated heterocycles. The van der Waals surface area contributed by atoms with E-state index in [-0.39, 0.29) is 22.4 Å². The van der Waals surface area contributed by atoms with Gasteiger partial charge in [-0.15, -0.1) is 0 Å². The summed E-state index contributed by atoms with van der Waals surface area (Å²) in [4.78, 5) is -0.0308. The average molecular weight is 312 g/mol. The van der Waals surface area contributed by atoms with Crippen LogP contribution in [0.25, 0.3) is 0 Å². The molecular weight excluding hydrogens is 291 g/mol. The molecule has 6 heteroatoms. The molecule has 0 amide bonds. The molecule has 0 heterocycles. The Morgan fingerprint density at radius 2 is 2.05 bits per heavy atom. The topological polar surface area (TPSA) is 72.2 Å². The van der Waals surface area contributed by atoms with Gasteiger partial charge in [0.25, 0.3) is 0 Å². The van der Waals surface area contributed by atoms with E-state index in [9.17, 15) is 12.8 Å². The molecule has 21 heavy (non-hydrogen) atoms. The highest BCUT2D eigenvalue weighted by atomic mass is 32.2. The molecule has 4 nitrogen and oxygen atoms in total. The second-order valence-electron chi connectivity index (χ2n) is 5.49. The average Bonchev–Trinajstić information content (AvgIpc) is 2.43. The van der Waals surface area contributed by atoms with Gasteiger partial charge in [0, 0.05) is 12.1 Å². The van der Waals surface area contributed by atoms with Crippen LogP contribution in [0, 0.1) is 23.1 Å². The van der Waals surface area contributed by atoms with E-state index >= 15 is 0 Å². The van der Waals surface area contributed by atoms with Gasteiger partial charge >= 0.3 is 0 Å². The molecule has 0 aromatic heterocycles. The minimum Gasteiger partial charge on any atom is -0.320 e. The quantitative estimate of drug-likeness (QED) is 0.815. The Morgan fingerprint density at radius 3 is 2.62 bits per heavy atom. The lowest BCUT2D eigenvalue weighted by molar-refractivity contribution is 0.350. The zero-order chi connectivity index (χ0) is 16.1. The van der Waals surface area contributed by atoms with Crippen molar-refractivity contribution in [2.24, 2.45) is 11.1 Å². The van der Waals surface area contributed by atoms with Crippen LogP contribution in [0.3, 0.4) is 0 Å². The fraction of sp³-hybridized carbons (Fsp3) is 0.467. The zero-order valence-electron chi connectivity index (χ0n) is 12.5. The monoisotopic (exact) mass is 312 g/mol. The Labute approximate surface area is 126 Å². The molecule has 0 spiro atoms. The van der Waals surface area contributed by atoms with E-state index in [0.717, 1.165) is 18.6 Å². The number of halogens is 1. The van der Waals surface area contributed by atoms with Gasteiger partial charge in [-0.05, 0) is 30.0 Å².